The standard InChI is InChI=1S/C15H16N4O5/c1-8-6-12(19-24-8)18-13(20)9(2)23-14(21)10-4-3-5-11(7-10)17-15(16)22/h3-7,9H,1-2H3,(H3,16,17,22)(H,18,19,20)/t9-/m0/s1. The fraction of sp³-hybridized carbons (Fsp3) is 0.200. The van der Waals surface area contributed by atoms with Crippen LogP contribution in [0.1, 0.15) is 23.0 Å². The first-order valence-corrected chi connectivity index (χ1v) is 6.97. The summed E-state index contributed by atoms with van der Waals surface area (Å²) in [7, 11) is 0. The van der Waals surface area contributed by atoms with E-state index in [9.17, 15) is 14.4 Å². The number of anilines is 2. The highest BCUT2D eigenvalue weighted by Gasteiger charge is 2.20. The summed E-state index contributed by atoms with van der Waals surface area (Å²) in [6.45, 7) is 3.10. The molecule has 0 radical (unpaired) electrons. The van der Waals surface area contributed by atoms with Crippen molar-refractivity contribution in [3.63, 3.8) is 0 Å². The second-order valence-electron chi connectivity index (χ2n) is 4.93. The van der Waals surface area contributed by atoms with E-state index in [0.717, 1.165) is 0 Å². The number of nitrogens with one attached hydrogen (secondary N) is 2. The molecule has 2 aromatic rings. The number of amides is 3. The zero-order chi connectivity index (χ0) is 17.7. The molecule has 2 rings (SSSR count). The lowest BCUT2D eigenvalue weighted by molar-refractivity contribution is -0.123. The molecule has 1 heterocycles. The van der Waals surface area contributed by atoms with E-state index in [1.807, 2.05) is 0 Å². The number of rotatable bonds is 5. The van der Waals surface area contributed by atoms with Crippen molar-refractivity contribution in [3.8, 4) is 0 Å². The molecule has 0 aliphatic rings. The Morgan fingerprint density at radius 2 is 2.00 bits per heavy atom. The number of ether oxygens (including phenoxy) is 1. The molecule has 126 valence electrons. The number of aryl methyl sites for hydroxylation is 1. The van der Waals surface area contributed by atoms with Gasteiger partial charge in [0.1, 0.15) is 5.76 Å². The number of nitrogens with zero attached hydrogens (tertiary/aromatic N) is 1. The molecule has 0 bridgehead atoms. The Morgan fingerprint density at radius 1 is 1.25 bits per heavy atom. The maximum Gasteiger partial charge on any atom is 0.338 e. The summed E-state index contributed by atoms with van der Waals surface area (Å²) in [6.07, 6.45) is -1.05. The van der Waals surface area contributed by atoms with Gasteiger partial charge in [-0.2, -0.15) is 0 Å². The first kappa shape index (κ1) is 17.0. The molecular weight excluding hydrogens is 316 g/mol. The number of urea groups is 1. The van der Waals surface area contributed by atoms with E-state index in [0.29, 0.717) is 11.4 Å². The monoisotopic (exact) mass is 332 g/mol. The lowest BCUT2D eigenvalue weighted by atomic mass is 10.2. The molecule has 3 amide bonds. The van der Waals surface area contributed by atoms with Gasteiger partial charge in [-0.05, 0) is 32.0 Å². The van der Waals surface area contributed by atoms with Crippen molar-refractivity contribution in [2.24, 2.45) is 5.73 Å². The van der Waals surface area contributed by atoms with Gasteiger partial charge in [-0.3, -0.25) is 4.79 Å². The van der Waals surface area contributed by atoms with Crippen molar-refractivity contribution in [3.05, 3.63) is 41.7 Å². The topological polar surface area (TPSA) is 137 Å². The summed E-state index contributed by atoms with van der Waals surface area (Å²) >= 11 is 0. The van der Waals surface area contributed by atoms with Gasteiger partial charge in [-0.1, -0.05) is 11.2 Å². The predicted molar refractivity (Wildman–Crippen MR) is 84.4 cm³/mol. The van der Waals surface area contributed by atoms with Gasteiger partial charge in [-0.15, -0.1) is 0 Å². The largest absolute Gasteiger partial charge is 0.449 e. The SMILES string of the molecule is Cc1cc(NC(=O)[C@H](C)OC(=O)c2cccc(NC(N)=O)c2)no1. The molecule has 0 spiro atoms. The molecule has 9 nitrogen and oxygen atoms in total. The molecular formula is C15H16N4O5. The summed E-state index contributed by atoms with van der Waals surface area (Å²) < 4.78 is 9.91. The Bertz CT molecular complexity index is 771. The molecule has 0 saturated heterocycles. The van der Waals surface area contributed by atoms with Crippen LogP contribution in [0.5, 0.6) is 0 Å². The third-order valence-corrected chi connectivity index (χ3v) is 2.90. The van der Waals surface area contributed by atoms with Crippen LogP contribution in [-0.4, -0.2) is 29.2 Å². The second kappa shape index (κ2) is 7.27. The van der Waals surface area contributed by atoms with Crippen LogP contribution in [-0.2, 0) is 9.53 Å². The van der Waals surface area contributed by atoms with Gasteiger partial charge in [0.2, 0.25) is 0 Å². The third kappa shape index (κ3) is 4.57. The van der Waals surface area contributed by atoms with Crippen molar-refractivity contribution < 1.29 is 23.6 Å². The molecule has 0 saturated carbocycles. The van der Waals surface area contributed by atoms with Crippen molar-refractivity contribution in [2.75, 3.05) is 10.6 Å². The number of carbonyl (C=O) groups is 3. The van der Waals surface area contributed by atoms with E-state index in [2.05, 4.69) is 15.8 Å². The smallest absolute Gasteiger partial charge is 0.338 e. The van der Waals surface area contributed by atoms with Gasteiger partial charge in [0.05, 0.1) is 5.56 Å². The average molecular weight is 332 g/mol. The van der Waals surface area contributed by atoms with Crippen LogP contribution in [0.2, 0.25) is 0 Å². The van der Waals surface area contributed by atoms with Crippen LogP contribution in [0, 0.1) is 6.92 Å². The average Bonchev–Trinajstić information content (AvgIpc) is 2.91. The van der Waals surface area contributed by atoms with Crippen LogP contribution in [0.4, 0.5) is 16.3 Å². The van der Waals surface area contributed by atoms with E-state index >= 15 is 0 Å². The molecule has 0 unspecified atom stereocenters. The number of primary amides is 1. The van der Waals surface area contributed by atoms with Gasteiger partial charge in [-0.25, -0.2) is 9.59 Å². The summed E-state index contributed by atoms with van der Waals surface area (Å²) in [5.74, 6) is -0.507. The van der Waals surface area contributed by atoms with Crippen molar-refractivity contribution in [2.45, 2.75) is 20.0 Å². The Hall–Kier alpha value is -3.36. The number of aromatic nitrogens is 1. The molecule has 1 atom stereocenters. The van der Waals surface area contributed by atoms with Gasteiger partial charge < -0.3 is 25.6 Å². The van der Waals surface area contributed by atoms with E-state index < -0.39 is 24.0 Å². The van der Waals surface area contributed by atoms with Crippen LogP contribution in [0.15, 0.2) is 34.9 Å². The fourth-order valence-electron chi connectivity index (χ4n) is 1.80. The quantitative estimate of drug-likeness (QED) is 0.712. The first-order valence-electron chi connectivity index (χ1n) is 6.97. The van der Waals surface area contributed by atoms with Crippen LogP contribution in [0.25, 0.3) is 0 Å². The normalized spacial score (nSPS) is 11.4. The van der Waals surface area contributed by atoms with Crippen LogP contribution < -0.4 is 16.4 Å². The van der Waals surface area contributed by atoms with E-state index in [4.69, 9.17) is 15.0 Å². The third-order valence-electron chi connectivity index (χ3n) is 2.90. The van der Waals surface area contributed by atoms with Crippen molar-refractivity contribution in [1.82, 2.24) is 5.16 Å². The van der Waals surface area contributed by atoms with Crippen LogP contribution in [0.3, 0.4) is 0 Å². The lowest BCUT2D eigenvalue weighted by Gasteiger charge is -2.12. The maximum atomic E-state index is 12.1. The number of hydrogen-bond donors (Lipinski definition) is 3. The number of benzene rings is 1. The van der Waals surface area contributed by atoms with Crippen molar-refractivity contribution in [1.29, 1.82) is 0 Å². The van der Waals surface area contributed by atoms with Gasteiger partial charge in [0.15, 0.2) is 11.9 Å². The number of hydrogen-bond acceptors (Lipinski definition) is 6. The summed E-state index contributed by atoms with van der Waals surface area (Å²) in [6, 6.07) is 6.76. The highest BCUT2D eigenvalue weighted by molar-refractivity contribution is 5.97. The summed E-state index contributed by atoms with van der Waals surface area (Å²) in [5, 5.41) is 8.42. The maximum absolute atomic E-state index is 12.1. The minimum absolute atomic E-state index is 0.165. The summed E-state index contributed by atoms with van der Waals surface area (Å²) in [5.41, 5.74) is 5.52. The van der Waals surface area contributed by atoms with E-state index in [1.54, 1.807) is 19.1 Å². The fourth-order valence-corrected chi connectivity index (χ4v) is 1.80. The first-order chi connectivity index (χ1) is 11.3. The molecule has 0 aliphatic carbocycles. The Balaban J connectivity index is 1.97. The zero-order valence-electron chi connectivity index (χ0n) is 13.0. The minimum atomic E-state index is -1.05. The van der Waals surface area contributed by atoms with Crippen molar-refractivity contribution >= 4 is 29.4 Å². The number of esters is 1. The van der Waals surface area contributed by atoms with Crippen LogP contribution >= 0.6 is 0 Å². The number of nitrogens with two attached hydrogens (primary N) is 1. The highest BCUT2D eigenvalue weighted by Crippen LogP contribution is 2.13. The predicted octanol–water partition coefficient (Wildman–Crippen LogP) is 1.66. The minimum Gasteiger partial charge on any atom is -0.449 e. The van der Waals surface area contributed by atoms with Gasteiger partial charge in [0.25, 0.3) is 5.91 Å². The van der Waals surface area contributed by atoms with E-state index in [-0.39, 0.29) is 11.4 Å². The van der Waals surface area contributed by atoms with E-state index in [1.165, 1.54) is 25.1 Å². The summed E-state index contributed by atoms with van der Waals surface area (Å²) in [4.78, 5) is 34.9. The van der Waals surface area contributed by atoms with Gasteiger partial charge in [0, 0.05) is 11.8 Å². The second-order valence-corrected chi connectivity index (χ2v) is 4.93. The Morgan fingerprint density at radius 3 is 2.62 bits per heavy atom. The molecule has 1 aromatic carbocycles. The Kier molecular flexibility index (Phi) is 5.15. The van der Waals surface area contributed by atoms with Gasteiger partial charge >= 0.3 is 12.0 Å². The molecule has 0 fully saturated rings. The number of carbonyl (C=O) groups excluding carboxylic acids is 3. The molecule has 0 aliphatic heterocycles. The molecule has 4 N–H and O–H groups in total. The highest BCUT2D eigenvalue weighted by atomic mass is 16.5. The Labute approximate surface area is 137 Å². The lowest BCUT2D eigenvalue weighted by Crippen LogP contribution is -2.30. The molecule has 24 heavy (non-hydrogen) atoms. The zero-order valence-corrected chi connectivity index (χ0v) is 13.0. The molecule has 1 aromatic heterocycles. The molecule has 9 heteroatoms.